The van der Waals surface area contributed by atoms with Crippen molar-refractivity contribution < 1.29 is 0 Å². The molecule has 0 bridgehead atoms. The predicted molar refractivity (Wildman–Crippen MR) is 414 cm³/mol. The van der Waals surface area contributed by atoms with Gasteiger partial charge in [0.05, 0.1) is 0 Å². The monoisotopic (exact) mass is 1620 g/mol. The number of nitrogens with zero attached hydrogens (tertiary/aromatic N) is 40. The molecule has 8 aromatic heterocycles. The molecule has 0 saturated carbocycles. The first-order chi connectivity index (χ1) is 52.3. The molecule has 0 unspecified atom stereocenters. The molecule has 0 amide bonds. The Morgan fingerprint density at radius 2 is 0.259 bits per heavy atom. The van der Waals surface area contributed by atoms with Crippen molar-refractivity contribution in [1.82, 2.24) is 129 Å². The maximum Gasteiger partial charge on any atom is 0.231 e. The molecule has 8 aliphatic heterocycles. The highest BCUT2D eigenvalue weighted by Gasteiger charge is 2.33. The summed E-state index contributed by atoms with van der Waals surface area (Å²) in [5.74, 6) is 9.89. The SMILES string of the molecule is Cc1nc(C)nc(N2CCN(c3nc(Cl)nc(N4CCN(c5nc(Cl)nc(N6CCN(c7nc(Cl)nc(N8CCN(C)CC8)n7)CC6)n5)CC4)n3)CC2)n1.Cc1nc(Cl)nc(N2CCN(c3nc(Cl)nc(N4CCN(c5nc(Cl)nc(N6CCN(c7nc(Cl)nc(N8CCN(C)CC8)n7)CC6)n5)CC4)n3)CC2)n1. The fourth-order valence-corrected chi connectivity index (χ4v) is 14.7. The first kappa shape index (κ1) is 74.7. The van der Waals surface area contributed by atoms with Gasteiger partial charge in [-0.15, -0.1) is 0 Å². The summed E-state index contributed by atoms with van der Waals surface area (Å²) in [7, 11) is 4.23. The van der Waals surface area contributed by atoms with Gasteiger partial charge in [0.15, 0.2) is 0 Å². The molecule has 8 fully saturated rings. The van der Waals surface area contributed by atoms with Crippen LogP contribution in [0.3, 0.4) is 0 Å². The molecule has 572 valence electrons. The molecule has 40 nitrogen and oxygen atoms in total. The van der Waals surface area contributed by atoms with Gasteiger partial charge in [-0.2, -0.15) is 110 Å². The van der Waals surface area contributed by atoms with Crippen LogP contribution >= 0.6 is 81.2 Å². The zero-order valence-electron chi connectivity index (χ0n) is 60.2. The third-order valence-corrected chi connectivity index (χ3v) is 20.9. The van der Waals surface area contributed by atoms with Crippen LogP contribution in [0, 0.1) is 20.8 Å². The molecule has 0 aromatic carbocycles. The van der Waals surface area contributed by atoms with Crippen LogP contribution in [0.15, 0.2) is 0 Å². The van der Waals surface area contributed by atoms with E-state index in [4.69, 9.17) is 111 Å². The number of halogens is 7. The van der Waals surface area contributed by atoms with Crippen LogP contribution in [0.5, 0.6) is 0 Å². The van der Waals surface area contributed by atoms with Crippen molar-refractivity contribution in [2.75, 3.05) is 292 Å². The van der Waals surface area contributed by atoms with Gasteiger partial charge in [-0.25, -0.2) is 9.97 Å². The third-order valence-electron chi connectivity index (χ3n) is 19.7. The number of rotatable bonds is 14. The van der Waals surface area contributed by atoms with Crippen molar-refractivity contribution in [3.05, 3.63) is 54.5 Å². The van der Waals surface area contributed by atoms with E-state index in [2.05, 4.69) is 182 Å². The lowest BCUT2D eigenvalue weighted by Gasteiger charge is -2.37. The van der Waals surface area contributed by atoms with Gasteiger partial charge in [0.25, 0.3) is 0 Å². The summed E-state index contributed by atoms with van der Waals surface area (Å²) in [5, 5.41) is 1.16. The van der Waals surface area contributed by atoms with E-state index in [1.54, 1.807) is 6.92 Å². The predicted octanol–water partition coefficient (Wildman–Crippen LogP) is 1.82. The third kappa shape index (κ3) is 18.1. The largest absolute Gasteiger partial charge is 0.338 e. The summed E-state index contributed by atoms with van der Waals surface area (Å²) in [4.78, 5) is 143. The number of aryl methyl sites for hydroxylation is 3. The lowest BCUT2D eigenvalue weighted by Crippen LogP contribution is -2.49. The van der Waals surface area contributed by atoms with Gasteiger partial charge in [0.2, 0.25) is 120 Å². The van der Waals surface area contributed by atoms with Crippen LogP contribution in [-0.2, 0) is 0 Å². The summed E-state index contributed by atoms with van der Waals surface area (Å²) in [5.41, 5.74) is 0. The number of aromatic nitrogens is 24. The maximum atomic E-state index is 6.48. The number of hydrogen-bond donors (Lipinski definition) is 0. The Hall–Kier alpha value is -8.77. The molecule has 108 heavy (non-hydrogen) atoms. The summed E-state index contributed by atoms with van der Waals surface area (Å²) < 4.78 is 0. The van der Waals surface area contributed by atoms with Gasteiger partial charge in [0, 0.05) is 209 Å². The second kappa shape index (κ2) is 33.2. The van der Waals surface area contributed by atoms with Gasteiger partial charge in [-0.05, 0) is 116 Å². The zero-order valence-corrected chi connectivity index (χ0v) is 65.5. The van der Waals surface area contributed by atoms with Gasteiger partial charge in [-0.3, -0.25) is 0 Å². The molecular weight excluding hydrogens is 1540 g/mol. The van der Waals surface area contributed by atoms with E-state index >= 15 is 0 Å². The van der Waals surface area contributed by atoms with E-state index in [0.717, 1.165) is 65.4 Å². The highest BCUT2D eigenvalue weighted by molar-refractivity contribution is 6.30. The molecular formula is C61H79Cl7N40. The van der Waals surface area contributed by atoms with Crippen LogP contribution in [-0.4, -0.2) is 353 Å². The van der Waals surface area contributed by atoms with Crippen LogP contribution in [0.1, 0.15) is 17.5 Å². The summed E-state index contributed by atoms with van der Waals surface area (Å²) in [6.07, 6.45) is 0. The minimum atomic E-state index is 0.141. The first-order valence-electron chi connectivity index (χ1n) is 35.7. The first-order valence-corrected chi connectivity index (χ1v) is 38.3. The van der Waals surface area contributed by atoms with Gasteiger partial charge < -0.3 is 78.4 Å². The van der Waals surface area contributed by atoms with Gasteiger partial charge in [-0.1, -0.05) is 0 Å². The summed E-state index contributed by atoms with van der Waals surface area (Å²) in [6, 6.07) is 0. The van der Waals surface area contributed by atoms with Crippen molar-refractivity contribution in [3.8, 4) is 0 Å². The second-order valence-corrected chi connectivity index (χ2v) is 29.2. The second-order valence-electron chi connectivity index (χ2n) is 26.8. The van der Waals surface area contributed by atoms with Crippen molar-refractivity contribution in [2.45, 2.75) is 20.8 Å². The molecule has 0 aliphatic carbocycles. The van der Waals surface area contributed by atoms with Crippen LogP contribution in [0.25, 0.3) is 0 Å². The van der Waals surface area contributed by atoms with Crippen LogP contribution in [0.4, 0.5) is 83.3 Å². The molecule has 47 heteroatoms. The van der Waals surface area contributed by atoms with E-state index in [0.29, 0.717) is 245 Å². The molecule has 16 heterocycles. The maximum absolute atomic E-state index is 6.48. The Bertz CT molecular complexity index is 4120. The Balaban J connectivity index is 0.000000172. The summed E-state index contributed by atoms with van der Waals surface area (Å²) >= 11 is 44.6. The Morgan fingerprint density at radius 3 is 0.407 bits per heavy atom. The lowest BCUT2D eigenvalue weighted by atomic mass is 10.3. The van der Waals surface area contributed by atoms with E-state index in [1.807, 2.05) is 13.8 Å². The molecule has 0 N–H and O–H groups in total. The minimum Gasteiger partial charge on any atom is -0.338 e. The van der Waals surface area contributed by atoms with E-state index < -0.39 is 0 Å². The number of hydrogen-bond acceptors (Lipinski definition) is 40. The molecule has 8 aliphatic rings. The van der Waals surface area contributed by atoms with Crippen molar-refractivity contribution >= 4 is 164 Å². The lowest BCUT2D eigenvalue weighted by molar-refractivity contribution is 0.311. The Labute approximate surface area is 657 Å². The quantitative estimate of drug-likeness (QED) is 0.150. The molecule has 0 atom stereocenters. The zero-order chi connectivity index (χ0) is 74.7. The van der Waals surface area contributed by atoms with Crippen molar-refractivity contribution in [1.29, 1.82) is 0 Å². The van der Waals surface area contributed by atoms with Crippen molar-refractivity contribution in [2.24, 2.45) is 0 Å². The fourth-order valence-electron chi connectivity index (χ4n) is 13.6. The number of anilines is 14. The average Bonchev–Trinajstić information content (AvgIpc) is 0.813. The Kier molecular flexibility index (Phi) is 23.0. The van der Waals surface area contributed by atoms with Crippen LogP contribution in [0.2, 0.25) is 37.0 Å². The molecule has 16 rings (SSSR count). The molecule has 8 aromatic rings. The van der Waals surface area contributed by atoms with Crippen LogP contribution < -0.4 is 68.6 Å². The van der Waals surface area contributed by atoms with Gasteiger partial charge >= 0.3 is 0 Å². The highest BCUT2D eigenvalue weighted by atomic mass is 35.5. The number of piperazine rings is 8. The normalized spacial score (nSPS) is 18.9. The standard InChI is InChI=1S/C31H41Cl3N20.C30H38Cl4N20/c1-20-35-21(2)37-25(36-20)49-8-10-50(11-9-49)28-40-23(33)41-29(45-28)53-16-18-54(19-17-53)31-43-24(34)42-30(46-31)52-14-12-51(13-15-52)27-39-22(32)38-26(44-27)48-6-4-47(3)5-7-48;1-19-35-20(31)37-24(36-19)49-7-9-50(10-8-49)27-40-22(33)41-28(45-27)53-15-17-54(18-16-53)30-43-23(34)42-29(46-30)52-13-11-51(12-14-52)26-39-21(32)38-25(44-26)48-5-3-47(2)4-6-48/h4-19H2,1-3H3;3-18H2,1-2H3. The van der Waals surface area contributed by atoms with E-state index in [1.165, 1.54) is 0 Å². The Morgan fingerprint density at radius 1 is 0.148 bits per heavy atom. The topological polar surface area (TPSA) is 361 Å². The number of likely N-dealkylation sites (N-methyl/N-ethyl adjacent to an activating group) is 2. The van der Waals surface area contributed by atoms with E-state index in [-0.39, 0.29) is 37.0 Å². The average molecular weight is 1620 g/mol. The fraction of sp³-hybridized carbons (Fsp3) is 0.607. The smallest absolute Gasteiger partial charge is 0.231 e. The van der Waals surface area contributed by atoms with E-state index in [9.17, 15) is 0 Å². The van der Waals surface area contributed by atoms with Crippen molar-refractivity contribution in [3.63, 3.8) is 0 Å². The molecule has 0 radical (unpaired) electrons. The molecule has 0 spiro atoms. The summed E-state index contributed by atoms with van der Waals surface area (Å²) in [6.45, 7) is 28.4. The minimum absolute atomic E-state index is 0.141. The van der Waals surface area contributed by atoms with Gasteiger partial charge in [0.1, 0.15) is 17.5 Å². The highest BCUT2D eigenvalue weighted by Crippen LogP contribution is 2.30. The molecule has 8 saturated heterocycles.